The molecular weight excluding hydrogens is 284 g/mol. The van der Waals surface area contributed by atoms with Gasteiger partial charge in [-0.05, 0) is 30.0 Å². The van der Waals surface area contributed by atoms with Crippen molar-refractivity contribution in [3.8, 4) is 0 Å². The molecule has 1 fully saturated rings. The number of hydrogen-bond donors (Lipinski definition) is 2. The van der Waals surface area contributed by atoms with Crippen LogP contribution in [-0.2, 0) is 4.79 Å². The van der Waals surface area contributed by atoms with Crippen LogP contribution < -0.4 is 11.1 Å². The molecule has 23 heavy (non-hydrogen) atoms. The predicted octanol–water partition coefficient (Wildman–Crippen LogP) is 4.16. The first-order valence-electron chi connectivity index (χ1n) is 7.87. The van der Waals surface area contributed by atoms with Crippen LogP contribution >= 0.6 is 0 Å². The van der Waals surface area contributed by atoms with Gasteiger partial charge in [0.1, 0.15) is 0 Å². The number of amides is 1. The minimum Gasteiger partial charge on any atom is -0.398 e. The Bertz CT molecular complexity index is 873. The maximum absolute atomic E-state index is 12.5. The first-order valence-corrected chi connectivity index (χ1v) is 7.87. The molecule has 0 unspecified atom stereocenters. The topological polar surface area (TPSA) is 55.1 Å². The fourth-order valence-electron chi connectivity index (χ4n) is 3.22. The molecule has 3 aromatic carbocycles. The molecule has 3 nitrogen and oxygen atoms in total. The minimum atomic E-state index is 0.0636. The van der Waals surface area contributed by atoms with Crippen molar-refractivity contribution in [2.45, 2.75) is 12.3 Å². The van der Waals surface area contributed by atoms with E-state index in [0.29, 0.717) is 5.92 Å². The van der Waals surface area contributed by atoms with Gasteiger partial charge in [0, 0.05) is 28.1 Å². The average Bonchev–Trinajstić information content (AvgIpc) is 3.37. The zero-order chi connectivity index (χ0) is 15.8. The molecule has 0 heterocycles. The van der Waals surface area contributed by atoms with Gasteiger partial charge in [-0.25, -0.2) is 0 Å². The lowest BCUT2D eigenvalue weighted by molar-refractivity contribution is -0.117. The number of nitrogen functional groups attached to an aromatic ring is 1. The van der Waals surface area contributed by atoms with Crippen molar-refractivity contribution < 1.29 is 4.79 Å². The molecule has 1 aliphatic rings. The summed E-state index contributed by atoms with van der Waals surface area (Å²) in [7, 11) is 0. The Balaban J connectivity index is 1.56. The number of carbonyl (C=O) groups is 1. The Kier molecular flexibility index (Phi) is 3.27. The number of rotatable bonds is 3. The van der Waals surface area contributed by atoms with Crippen LogP contribution in [0.1, 0.15) is 17.9 Å². The van der Waals surface area contributed by atoms with Gasteiger partial charge in [0.25, 0.3) is 0 Å². The quantitative estimate of drug-likeness (QED) is 0.714. The highest BCUT2D eigenvalue weighted by Gasteiger charge is 2.43. The van der Waals surface area contributed by atoms with Crippen molar-refractivity contribution in [2.24, 2.45) is 5.92 Å². The molecule has 1 saturated carbocycles. The first kappa shape index (κ1) is 13.8. The molecule has 0 radical (unpaired) electrons. The second-order valence-corrected chi connectivity index (χ2v) is 6.10. The van der Waals surface area contributed by atoms with Gasteiger partial charge in [-0.3, -0.25) is 4.79 Å². The van der Waals surface area contributed by atoms with Gasteiger partial charge in [0.05, 0.1) is 0 Å². The normalized spacial score (nSPS) is 19.5. The van der Waals surface area contributed by atoms with E-state index in [1.54, 1.807) is 0 Å². The number of carbonyl (C=O) groups excluding carboxylic acids is 1. The van der Waals surface area contributed by atoms with Gasteiger partial charge < -0.3 is 11.1 Å². The van der Waals surface area contributed by atoms with E-state index in [1.807, 2.05) is 54.6 Å². The van der Waals surface area contributed by atoms with E-state index in [1.165, 1.54) is 5.56 Å². The Morgan fingerprint density at radius 2 is 1.65 bits per heavy atom. The van der Waals surface area contributed by atoms with Crippen LogP contribution in [0.5, 0.6) is 0 Å². The third-order valence-corrected chi connectivity index (χ3v) is 4.57. The van der Waals surface area contributed by atoms with E-state index < -0.39 is 0 Å². The van der Waals surface area contributed by atoms with Gasteiger partial charge >= 0.3 is 0 Å². The van der Waals surface area contributed by atoms with Crippen molar-refractivity contribution in [2.75, 3.05) is 11.1 Å². The lowest BCUT2D eigenvalue weighted by atomic mass is 10.1. The van der Waals surface area contributed by atoms with Crippen LogP contribution in [0.25, 0.3) is 10.8 Å². The molecule has 0 bridgehead atoms. The van der Waals surface area contributed by atoms with Crippen molar-refractivity contribution in [1.82, 2.24) is 0 Å². The molecule has 114 valence electrons. The van der Waals surface area contributed by atoms with Gasteiger partial charge in [0.2, 0.25) is 5.91 Å². The summed E-state index contributed by atoms with van der Waals surface area (Å²) in [4.78, 5) is 12.5. The van der Waals surface area contributed by atoms with Crippen molar-refractivity contribution >= 4 is 28.1 Å². The monoisotopic (exact) mass is 302 g/mol. The summed E-state index contributed by atoms with van der Waals surface area (Å²) in [6, 6.07) is 21.8. The van der Waals surface area contributed by atoms with Gasteiger partial charge in [-0.15, -0.1) is 0 Å². The van der Waals surface area contributed by atoms with E-state index in [9.17, 15) is 4.79 Å². The number of nitrogens with two attached hydrogens (primary N) is 1. The van der Waals surface area contributed by atoms with Crippen molar-refractivity contribution in [1.29, 1.82) is 0 Å². The SMILES string of the molecule is Nc1cccc2c(NC(=O)[C@@H]3C[C@@H]3c3ccccc3)cccc12. The highest BCUT2D eigenvalue weighted by molar-refractivity contribution is 6.06. The van der Waals surface area contributed by atoms with Gasteiger partial charge in [-0.1, -0.05) is 54.6 Å². The molecule has 2 atom stereocenters. The summed E-state index contributed by atoms with van der Waals surface area (Å²) in [6.45, 7) is 0. The predicted molar refractivity (Wildman–Crippen MR) is 94.3 cm³/mol. The first-order chi connectivity index (χ1) is 11.2. The fourth-order valence-corrected chi connectivity index (χ4v) is 3.22. The van der Waals surface area contributed by atoms with E-state index >= 15 is 0 Å². The summed E-state index contributed by atoms with van der Waals surface area (Å²) in [5.74, 6) is 0.499. The number of hydrogen-bond acceptors (Lipinski definition) is 2. The largest absolute Gasteiger partial charge is 0.398 e. The second kappa shape index (κ2) is 5.43. The zero-order valence-electron chi connectivity index (χ0n) is 12.7. The maximum Gasteiger partial charge on any atom is 0.228 e. The molecule has 0 aromatic heterocycles. The lowest BCUT2D eigenvalue weighted by Crippen LogP contribution is -2.14. The van der Waals surface area contributed by atoms with Crippen molar-refractivity contribution in [3.05, 3.63) is 72.3 Å². The van der Waals surface area contributed by atoms with Gasteiger partial charge in [0.15, 0.2) is 0 Å². The highest BCUT2D eigenvalue weighted by atomic mass is 16.2. The zero-order valence-corrected chi connectivity index (χ0v) is 12.7. The lowest BCUT2D eigenvalue weighted by Gasteiger charge is -2.10. The molecule has 3 aromatic rings. The fraction of sp³-hybridized carbons (Fsp3) is 0.150. The maximum atomic E-state index is 12.5. The summed E-state index contributed by atoms with van der Waals surface area (Å²) in [5.41, 5.74) is 8.82. The number of fused-ring (bicyclic) bond motifs is 1. The third kappa shape index (κ3) is 2.55. The van der Waals surface area contributed by atoms with Crippen LogP contribution in [0, 0.1) is 5.92 Å². The Morgan fingerprint density at radius 3 is 2.48 bits per heavy atom. The van der Waals surface area contributed by atoms with E-state index in [2.05, 4.69) is 17.4 Å². The molecule has 4 rings (SSSR count). The van der Waals surface area contributed by atoms with E-state index in [-0.39, 0.29) is 11.8 Å². The van der Waals surface area contributed by atoms with Crippen molar-refractivity contribution in [3.63, 3.8) is 0 Å². The summed E-state index contributed by atoms with van der Waals surface area (Å²) in [6.07, 6.45) is 0.919. The molecule has 3 N–H and O–H groups in total. The van der Waals surface area contributed by atoms with Crippen LogP contribution in [0.4, 0.5) is 11.4 Å². The summed E-state index contributed by atoms with van der Waals surface area (Å²) < 4.78 is 0. The smallest absolute Gasteiger partial charge is 0.228 e. The Morgan fingerprint density at radius 1 is 0.913 bits per heavy atom. The number of anilines is 2. The van der Waals surface area contributed by atoms with E-state index in [4.69, 9.17) is 5.73 Å². The molecule has 1 aliphatic carbocycles. The molecular formula is C20H18N2O. The molecule has 0 saturated heterocycles. The molecule has 3 heteroatoms. The summed E-state index contributed by atoms with van der Waals surface area (Å²) >= 11 is 0. The highest BCUT2D eigenvalue weighted by Crippen LogP contribution is 2.48. The second-order valence-electron chi connectivity index (χ2n) is 6.10. The van der Waals surface area contributed by atoms with Crippen LogP contribution in [-0.4, -0.2) is 5.91 Å². The number of benzene rings is 3. The van der Waals surface area contributed by atoms with Crippen LogP contribution in [0.2, 0.25) is 0 Å². The minimum absolute atomic E-state index is 0.0636. The summed E-state index contributed by atoms with van der Waals surface area (Å²) in [5, 5.41) is 5.04. The van der Waals surface area contributed by atoms with Gasteiger partial charge in [-0.2, -0.15) is 0 Å². The Labute approximate surface area is 135 Å². The molecule has 1 amide bonds. The van der Waals surface area contributed by atoms with E-state index in [0.717, 1.165) is 28.6 Å². The standard InChI is InChI=1S/C20H18N2O/c21-18-10-4-9-15-14(18)8-5-11-19(15)22-20(23)17-12-16(17)13-6-2-1-3-7-13/h1-11,16-17H,12,21H2,(H,22,23)/t16-,17-/m1/s1. The average molecular weight is 302 g/mol. The Hall–Kier alpha value is -2.81. The van der Waals surface area contributed by atoms with Crippen LogP contribution in [0.15, 0.2) is 66.7 Å². The molecule has 0 aliphatic heterocycles. The number of nitrogens with one attached hydrogen (secondary N) is 1. The van der Waals surface area contributed by atoms with Crippen LogP contribution in [0.3, 0.4) is 0 Å². The molecule has 0 spiro atoms. The third-order valence-electron chi connectivity index (χ3n) is 4.57.